The van der Waals surface area contributed by atoms with Crippen molar-refractivity contribution in [1.29, 1.82) is 0 Å². The Morgan fingerprint density at radius 1 is 1.27 bits per heavy atom. The van der Waals surface area contributed by atoms with Gasteiger partial charge >= 0.3 is 5.97 Å². The highest BCUT2D eigenvalue weighted by Gasteiger charge is 2.21. The van der Waals surface area contributed by atoms with Crippen molar-refractivity contribution in [2.75, 3.05) is 5.32 Å². The number of halogens is 1. The number of aromatic hydroxyl groups is 1. The van der Waals surface area contributed by atoms with Crippen molar-refractivity contribution < 1.29 is 24.3 Å². The maximum atomic E-state index is 12.4. The summed E-state index contributed by atoms with van der Waals surface area (Å²) in [5, 5.41) is 25.4. The number of unbranched alkanes of at least 4 members (excludes halogenated alkanes) is 1. The Morgan fingerprint density at radius 3 is 2.67 bits per heavy atom. The lowest BCUT2D eigenvalue weighted by Crippen LogP contribution is -2.14. The van der Waals surface area contributed by atoms with Crippen LogP contribution in [-0.2, 0) is 17.8 Å². The molecule has 3 rings (SSSR count). The minimum Gasteiger partial charge on any atom is -0.508 e. The standard InChI is InChI=1S/C20H21IN4O5/c1-2-3-10-25-11-14(17(18(25)21)20(28)29)22-15(27)8-9-16-23-19(24-30-16)12-4-6-13(26)7-5-12/h4-7,11,26H,2-3,8-10H2,1H3,(H,22,27)(H,28,29). The predicted molar refractivity (Wildman–Crippen MR) is 117 cm³/mol. The van der Waals surface area contributed by atoms with E-state index in [-0.39, 0.29) is 35.7 Å². The number of nitrogens with one attached hydrogen (secondary N) is 1. The molecule has 0 fully saturated rings. The summed E-state index contributed by atoms with van der Waals surface area (Å²) in [5.74, 6) is -0.632. The number of phenolic OH excluding ortho intramolecular Hbond substituents is 1. The van der Waals surface area contributed by atoms with Crippen LogP contribution in [0.25, 0.3) is 11.4 Å². The third-order valence-electron chi connectivity index (χ3n) is 4.41. The molecule has 2 aromatic heterocycles. The van der Waals surface area contributed by atoms with Gasteiger partial charge in [-0.25, -0.2) is 4.79 Å². The number of aromatic nitrogens is 3. The molecule has 1 amide bonds. The number of hydrogen-bond donors (Lipinski definition) is 3. The highest BCUT2D eigenvalue weighted by Crippen LogP contribution is 2.26. The van der Waals surface area contributed by atoms with Gasteiger partial charge in [-0.05, 0) is 53.3 Å². The van der Waals surface area contributed by atoms with Crippen molar-refractivity contribution in [3.63, 3.8) is 0 Å². The van der Waals surface area contributed by atoms with Crippen LogP contribution in [0.2, 0.25) is 0 Å². The molecule has 0 atom stereocenters. The fourth-order valence-electron chi connectivity index (χ4n) is 2.84. The van der Waals surface area contributed by atoms with Gasteiger partial charge in [-0.3, -0.25) is 4.79 Å². The largest absolute Gasteiger partial charge is 0.508 e. The summed E-state index contributed by atoms with van der Waals surface area (Å²) >= 11 is 1.99. The molecule has 9 nitrogen and oxygen atoms in total. The number of amides is 1. The number of aromatic carboxylic acids is 1. The van der Waals surface area contributed by atoms with E-state index in [1.165, 1.54) is 12.1 Å². The summed E-state index contributed by atoms with van der Waals surface area (Å²) in [6.07, 6.45) is 3.83. The lowest BCUT2D eigenvalue weighted by atomic mass is 10.2. The van der Waals surface area contributed by atoms with Crippen LogP contribution in [0.5, 0.6) is 5.75 Å². The number of nitrogens with zero attached hydrogens (tertiary/aromatic N) is 3. The van der Waals surface area contributed by atoms with Gasteiger partial charge in [0.05, 0.1) is 9.39 Å². The Balaban J connectivity index is 1.64. The van der Waals surface area contributed by atoms with Crippen molar-refractivity contribution >= 4 is 40.2 Å². The first-order chi connectivity index (χ1) is 14.4. The Hall–Kier alpha value is -2.89. The fourth-order valence-corrected chi connectivity index (χ4v) is 3.74. The first-order valence-electron chi connectivity index (χ1n) is 9.42. The Labute approximate surface area is 186 Å². The number of anilines is 1. The third-order valence-corrected chi connectivity index (χ3v) is 5.57. The zero-order valence-electron chi connectivity index (χ0n) is 16.3. The van der Waals surface area contributed by atoms with Gasteiger partial charge in [-0.15, -0.1) is 0 Å². The molecule has 0 saturated heterocycles. The molecule has 0 aliphatic rings. The van der Waals surface area contributed by atoms with Crippen molar-refractivity contribution in [1.82, 2.24) is 14.7 Å². The first-order valence-corrected chi connectivity index (χ1v) is 10.5. The quantitative estimate of drug-likeness (QED) is 0.362. The average molecular weight is 524 g/mol. The maximum Gasteiger partial charge on any atom is 0.340 e. The Kier molecular flexibility index (Phi) is 7.08. The number of aryl methyl sites for hydroxylation is 2. The van der Waals surface area contributed by atoms with Crippen molar-refractivity contribution in [3.05, 3.63) is 45.6 Å². The van der Waals surface area contributed by atoms with Crippen LogP contribution in [0.4, 0.5) is 5.69 Å². The number of carboxylic acid groups (broad SMARTS) is 1. The summed E-state index contributed by atoms with van der Waals surface area (Å²) in [4.78, 5) is 28.3. The summed E-state index contributed by atoms with van der Waals surface area (Å²) in [5.41, 5.74) is 1.05. The van der Waals surface area contributed by atoms with Crippen LogP contribution < -0.4 is 5.32 Å². The normalized spacial score (nSPS) is 10.9. The van der Waals surface area contributed by atoms with Gasteiger partial charge in [0.1, 0.15) is 11.3 Å². The molecule has 3 N–H and O–H groups in total. The highest BCUT2D eigenvalue weighted by molar-refractivity contribution is 14.1. The van der Waals surface area contributed by atoms with E-state index >= 15 is 0 Å². The monoisotopic (exact) mass is 524 g/mol. The lowest BCUT2D eigenvalue weighted by molar-refractivity contribution is -0.116. The molecule has 1 aromatic carbocycles. The molecule has 0 bridgehead atoms. The molecule has 2 heterocycles. The first kappa shape index (κ1) is 21.8. The second kappa shape index (κ2) is 9.74. The van der Waals surface area contributed by atoms with Crippen molar-refractivity contribution in [2.45, 2.75) is 39.2 Å². The van der Waals surface area contributed by atoms with E-state index in [4.69, 9.17) is 4.52 Å². The summed E-state index contributed by atoms with van der Waals surface area (Å²) in [7, 11) is 0. The molecule has 0 radical (unpaired) electrons. The zero-order valence-corrected chi connectivity index (χ0v) is 18.4. The minimum atomic E-state index is -1.08. The maximum absolute atomic E-state index is 12.4. The molecule has 0 saturated carbocycles. The van der Waals surface area contributed by atoms with E-state index in [2.05, 4.69) is 22.4 Å². The van der Waals surface area contributed by atoms with Crippen LogP contribution in [0, 0.1) is 3.70 Å². The molecule has 0 aliphatic heterocycles. The van der Waals surface area contributed by atoms with Crippen molar-refractivity contribution in [2.24, 2.45) is 0 Å². The van der Waals surface area contributed by atoms with Gasteiger partial charge in [0, 0.05) is 31.1 Å². The van der Waals surface area contributed by atoms with Crippen LogP contribution in [0.3, 0.4) is 0 Å². The molecule has 0 spiro atoms. The van der Waals surface area contributed by atoms with Crippen LogP contribution >= 0.6 is 22.6 Å². The zero-order chi connectivity index (χ0) is 21.7. The summed E-state index contributed by atoms with van der Waals surface area (Å²) in [6, 6.07) is 6.36. The molecular weight excluding hydrogens is 503 g/mol. The number of carbonyl (C=O) groups is 2. The second-order valence-corrected chi connectivity index (χ2v) is 7.69. The SMILES string of the molecule is CCCCn1cc(NC(=O)CCc2nc(-c3ccc(O)cc3)no2)c(C(=O)O)c1I. The number of carbonyl (C=O) groups excluding carboxylic acids is 1. The van der Waals surface area contributed by atoms with Crippen LogP contribution in [-0.4, -0.2) is 36.8 Å². The Bertz CT molecular complexity index is 1040. The third kappa shape index (κ3) is 5.17. The predicted octanol–water partition coefficient (Wildman–Crippen LogP) is 3.92. The number of carboxylic acids is 1. The van der Waals surface area contributed by atoms with Crippen LogP contribution in [0.15, 0.2) is 35.0 Å². The van der Waals surface area contributed by atoms with Crippen molar-refractivity contribution in [3.8, 4) is 17.1 Å². The van der Waals surface area contributed by atoms with E-state index in [1.54, 1.807) is 18.3 Å². The number of rotatable bonds is 9. The molecule has 158 valence electrons. The van der Waals surface area contributed by atoms with E-state index in [0.717, 1.165) is 12.8 Å². The van der Waals surface area contributed by atoms with E-state index in [0.29, 0.717) is 27.5 Å². The topological polar surface area (TPSA) is 130 Å². The second-order valence-electron chi connectivity index (χ2n) is 6.67. The molecule has 0 aliphatic carbocycles. The minimum absolute atomic E-state index is 0.0625. The molecule has 10 heteroatoms. The highest BCUT2D eigenvalue weighted by atomic mass is 127. The number of benzene rings is 1. The van der Waals surface area contributed by atoms with E-state index in [1.807, 2.05) is 27.2 Å². The summed E-state index contributed by atoms with van der Waals surface area (Å²) in [6.45, 7) is 2.74. The van der Waals surface area contributed by atoms with Gasteiger partial charge in [0.25, 0.3) is 0 Å². The van der Waals surface area contributed by atoms with E-state index < -0.39 is 5.97 Å². The van der Waals surface area contributed by atoms with E-state index in [9.17, 15) is 19.8 Å². The smallest absolute Gasteiger partial charge is 0.340 e. The fraction of sp³-hybridized carbons (Fsp3) is 0.300. The van der Waals surface area contributed by atoms with Gasteiger partial charge < -0.3 is 24.6 Å². The van der Waals surface area contributed by atoms with Gasteiger partial charge in [0.2, 0.25) is 17.6 Å². The number of hydrogen-bond acceptors (Lipinski definition) is 6. The molecule has 0 unspecified atom stereocenters. The molecular formula is C20H21IN4O5. The number of phenols is 1. The van der Waals surface area contributed by atoms with Crippen LogP contribution in [0.1, 0.15) is 42.4 Å². The average Bonchev–Trinajstić information content (AvgIpc) is 3.30. The molecule has 3 aromatic rings. The van der Waals surface area contributed by atoms with Gasteiger partial charge in [-0.2, -0.15) is 4.98 Å². The lowest BCUT2D eigenvalue weighted by Gasteiger charge is -2.03. The Morgan fingerprint density at radius 2 is 2.00 bits per heavy atom. The summed E-state index contributed by atoms with van der Waals surface area (Å²) < 4.78 is 7.60. The van der Waals surface area contributed by atoms with Gasteiger partial charge in [-0.1, -0.05) is 18.5 Å². The van der Waals surface area contributed by atoms with Gasteiger partial charge in [0.15, 0.2) is 0 Å². The molecule has 30 heavy (non-hydrogen) atoms.